The summed E-state index contributed by atoms with van der Waals surface area (Å²) in [7, 11) is 0. The molecule has 0 saturated heterocycles. The van der Waals surface area contributed by atoms with Gasteiger partial charge in [-0.05, 0) is 43.7 Å². The maximum absolute atomic E-state index is 8.63. The zero-order valence-electron chi connectivity index (χ0n) is 9.20. The summed E-state index contributed by atoms with van der Waals surface area (Å²) < 4.78 is 0. The van der Waals surface area contributed by atoms with Crippen LogP contribution in [-0.2, 0) is 0 Å². The van der Waals surface area contributed by atoms with Crippen LogP contribution in [0.3, 0.4) is 0 Å². The average Bonchev–Trinajstić information content (AvgIpc) is 2.29. The molecule has 0 aromatic heterocycles. The van der Waals surface area contributed by atoms with Gasteiger partial charge in [0.1, 0.15) is 0 Å². The van der Waals surface area contributed by atoms with Crippen LogP contribution in [0.25, 0.3) is 0 Å². The number of nitrogens with one attached hydrogen (secondary N) is 1. The van der Waals surface area contributed by atoms with E-state index in [1.807, 2.05) is 0 Å². The Morgan fingerprint density at radius 2 is 2.13 bits per heavy atom. The van der Waals surface area contributed by atoms with Gasteiger partial charge in [0, 0.05) is 23.7 Å². The lowest BCUT2D eigenvalue weighted by atomic mass is 10.2. The second-order valence-electron chi connectivity index (χ2n) is 3.44. The lowest BCUT2D eigenvalue weighted by molar-refractivity contribution is 0.283. The number of rotatable bonds is 7. The summed E-state index contributed by atoms with van der Waals surface area (Å²) in [6.45, 7) is 1.29. The van der Waals surface area contributed by atoms with Crippen LogP contribution in [0.5, 0.6) is 0 Å². The minimum atomic E-state index is 0.307. The Morgan fingerprint density at radius 1 is 1.27 bits per heavy atom. The molecule has 15 heavy (non-hydrogen) atoms. The molecule has 2 nitrogen and oxygen atoms in total. The van der Waals surface area contributed by atoms with Crippen molar-refractivity contribution >= 4 is 17.4 Å². The SMILES string of the molecule is CSc1cccc(NCCCCCO)c1. The van der Waals surface area contributed by atoms with Crippen molar-refractivity contribution in [2.45, 2.75) is 24.2 Å². The molecular weight excluding hydrogens is 206 g/mol. The molecule has 84 valence electrons. The quantitative estimate of drug-likeness (QED) is 0.553. The smallest absolute Gasteiger partial charge is 0.0431 e. The van der Waals surface area contributed by atoms with Gasteiger partial charge >= 0.3 is 0 Å². The van der Waals surface area contributed by atoms with Gasteiger partial charge < -0.3 is 10.4 Å². The lowest BCUT2D eigenvalue weighted by Gasteiger charge is -2.06. The Morgan fingerprint density at radius 3 is 2.87 bits per heavy atom. The average molecular weight is 225 g/mol. The molecule has 0 unspecified atom stereocenters. The van der Waals surface area contributed by atoms with E-state index in [1.54, 1.807) is 11.8 Å². The number of unbranched alkanes of at least 4 members (excludes halogenated alkanes) is 2. The van der Waals surface area contributed by atoms with E-state index in [9.17, 15) is 0 Å². The summed E-state index contributed by atoms with van der Waals surface area (Å²) in [5.41, 5.74) is 1.19. The number of aliphatic hydroxyl groups excluding tert-OH is 1. The molecule has 0 radical (unpaired) electrons. The lowest BCUT2D eigenvalue weighted by Crippen LogP contribution is -2.01. The third-order valence-corrected chi connectivity index (χ3v) is 2.96. The van der Waals surface area contributed by atoms with Crippen molar-refractivity contribution in [3.8, 4) is 0 Å². The van der Waals surface area contributed by atoms with Crippen LogP contribution in [0.4, 0.5) is 5.69 Å². The molecule has 3 heteroatoms. The monoisotopic (exact) mass is 225 g/mol. The largest absolute Gasteiger partial charge is 0.396 e. The van der Waals surface area contributed by atoms with Crippen molar-refractivity contribution in [3.63, 3.8) is 0 Å². The van der Waals surface area contributed by atoms with Crippen molar-refractivity contribution in [1.29, 1.82) is 0 Å². The van der Waals surface area contributed by atoms with E-state index in [1.165, 1.54) is 10.6 Å². The highest BCUT2D eigenvalue weighted by Gasteiger charge is 1.94. The molecule has 2 N–H and O–H groups in total. The minimum Gasteiger partial charge on any atom is -0.396 e. The number of anilines is 1. The van der Waals surface area contributed by atoms with Crippen molar-refractivity contribution in [2.24, 2.45) is 0 Å². The standard InChI is InChI=1S/C12H19NOS/c1-15-12-7-5-6-11(10-12)13-8-3-2-4-9-14/h5-7,10,13-14H,2-4,8-9H2,1H3. The highest BCUT2D eigenvalue weighted by molar-refractivity contribution is 7.98. The summed E-state index contributed by atoms with van der Waals surface area (Å²) in [5.74, 6) is 0. The first-order valence-electron chi connectivity index (χ1n) is 5.35. The van der Waals surface area contributed by atoms with Crippen LogP contribution < -0.4 is 5.32 Å². The Balaban J connectivity index is 2.24. The van der Waals surface area contributed by atoms with Crippen LogP contribution in [-0.4, -0.2) is 24.5 Å². The van der Waals surface area contributed by atoms with E-state index >= 15 is 0 Å². The first kappa shape index (κ1) is 12.4. The van der Waals surface area contributed by atoms with E-state index < -0.39 is 0 Å². The van der Waals surface area contributed by atoms with E-state index in [0.717, 1.165) is 25.8 Å². The number of hydrogen-bond donors (Lipinski definition) is 2. The molecular formula is C12H19NOS. The summed E-state index contributed by atoms with van der Waals surface area (Å²) >= 11 is 1.76. The predicted molar refractivity (Wildman–Crippen MR) is 67.6 cm³/mol. The Kier molecular flexibility index (Phi) is 6.28. The zero-order valence-corrected chi connectivity index (χ0v) is 10.0. The Bertz CT molecular complexity index is 278. The minimum absolute atomic E-state index is 0.307. The summed E-state index contributed by atoms with van der Waals surface area (Å²) in [6, 6.07) is 8.44. The zero-order chi connectivity index (χ0) is 10.9. The van der Waals surface area contributed by atoms with Crippen molar-refractivity contribution in [2.75, 3.05) is 24.7 Å². The molecule has 0 aliphatic rings. The fraction of sp³-hybridized carbons (Fsp3) is 0.500. The summed E-state index contributed by atoms with van der Waals surface area (Å²) in [5, 5.41) is 12.0. The Labute approximate surface area is 96.1 Å². The Hall–Kier alpha value is -0.670. The second kappa shape index (κ2) is 7.60. The fourth-order valence-corrected chi connectivity index (χ4v) is 1.84. The number of thioether (sulfide) groups is 1. The van der Waals surface area contributed by atoms with Gasteiger partial charge in [0.15, 0.2) is 0 Å². The maximum atomic E-state index is 8.63. The molecule has 0 saturated carbocycles. The van der Waals surface area contributed by atoms with Crippen LogP contribution in [0.1, 0.15) is 19.3 Å². The molecule has 1 aromatic carbocycles. The molecule has 0 heterocycles. The molecule has 0 spiro atoms. The van der Waals surface area contributed by atoms with Crippen LogP contribution >= 0.6 is 11.8 Å². The van der Waals surface area contributed by atoms with Crippen LogP contribution in [0.15, 0.2) is 29.2 Å². The van der Waals surface area contributed by atoms with Gasteiger partial charge in [-0.3, -0.25) is 0 Å². The molecule has 0 bridgehead atoms. The molecule has 1 aromatic rings. The van der Waals surface area contributed by atoms with Crippen molar-refractivity contribution in [1.82, 2.24) is 0 Å². The summed E-state index contributed by atoms with van der Waals surface area (Å²) in [6.07, 6.45) is 5.20. The third-order valence-electron chi connectivity index (χ3n) is 2.23. The normalized spacial score (nSPS) is 10.3. The van der Waals surface area contributed by atoms with Gasteiger partial charge in [0.05, 0.1) is 0 Å². The molecule has 0 fully saturated rings. The van der Waals surface area contributed by atoms with Gasteiger partial charge in [-0.2, -0.15) is 0 Å². The molecule has 1 rings (SSSR count). The molecule has 0 amide bonds. The fourth-order valence-electron chi connectivity index (χ4n) is 1.38. The van der Waals surface area contributed by atoms with Crippen LogP contribution in [0.2, 0.25) is 0 Å². The summed E-state index contributed by atoms with van der Waals surface area (Å²) in [4.78, 5) is 1.29. The van der Waals surface area contributed by atoms with Gasteiger partial charge in [0.2, 0.25) is 0 Å². The number of aliphatic hydroxyl groups is 1. The van der Waals surface area contributed by atoms with Gasteiger partial charge in [-0.1, -0.05) is 6.07 Å². The predicted octanol–water partition coefficient (Wildman–Crippen LogP) is 2.98. The first-order chi connectivity index (χ1) is 7.36. The van der Waals surface area contributed by atoms with Crippen molar-refractivity contribution in [3.05, 3.63) is 24.3 Å². The van der Waals surface area contributed by atoms with E-state index in [2.05, 4.69) is 35.8 Å². The molecule has 0 aliphatic heterocycles. The van der Waals surface area contributed by atoms with Gasteiger partial charge in [-0.15, -0.1) is 11.8 Å². The highest BCUT2D eigenvalue weighted by Crippen LogP contribution is 2.18. The number of hydrogen-bond acceptors (Lipinski definition) is 3. The van der Waals surface area contributed by atoms with E-state index in [-0.39, 0.29) is 0 Å². The van der Waals surface area contributed by atoms with E-state index in [0.29, 0.717) is 6.61 Å². The van der Waals surface area contributed by atoms with Gasteiger partial charge in [-0.25, -0.2) is 0 Å². The van der Waals surface area contributed by atoms with E-state index in [4.69, 9.17) is 5.11 Å². The first-order valence-corrected chi connectivity index (χ1v) is 6.58. The molecule has 0 aliphatic carbocycles. The van der Waals surface area contributed by atoms with Crippen molar-refractivity contribution < 1.29 is 5.11 Å². The topological polar surface area (TPSA) is 32.3 Å². The molecule has 0 atom stereocenters. The number of benzene rings is 1. The van der Waals surface area contributed by atoms with Crippen LogP contribution in [0, 0.1) is 0 Å². The maximum Gasteiger partial charge on any atom is 0.0431 e. The third kappa shape index (κ3) is 5.09. The second-order valence-corrected chi connectivity index (χ2v) is 4.32. The highest BCUT2D eigenvalue weighted by atomic mass is 32.2. The van der Waals surface area contributed by atoms with Gasteiger partial charge in [0.25, 0.3) is 0 Å².